The van der Waals surface area contributed by atoms with E-state index < -0.39 is 0 Å². The molecule has 1 aliphatic rings. The van der Waals surface area contributed by atoms with Crippen molar-refractivity contribution in [1.82, 2.24) is 14.9 Å². The zero-order valence-corrected chi connectivity index (χ0v) is 20.7. The summed E-state index contributed by atoms with van der Waals surface area (Å²) in [5, 5.41) is 7.05. The number of pyridine rings is 1. The summed E-state index contributed by atoms with van der Waals surface area (Å²) < 4.78 is 5.35. The lowest BCUT2D eigenvalue weighted by Gasteiger charge is -2.26. The first kappa shape index (κ1) is 25.1. The number of aromatic nitrogens is 1. The summed E-state index contributed by atoms with van der Waals surface area (Å²) in [6, 6.07) is 9.68. The Hall–Kier alpha value is -2.51. The average Bonchev–Trinajstić information content (AvgIpc) is 3.10. The van der Waals surface area contributed by atoms with Crippen LogP contribution >= 0.6 is 23.2 Å². The first-order valence-electron chi connectivity index (χ1n) is 11.2. The lowest BCUT2D eigenvalue weighted by atomic mass is 10.1. The van der Waals surface area contributed by atoms with Crippen LogP contribution < -0.4 is 9.64 Å². The van der Waals surface area contributed by atoms with Gasteiger partial charge in [0.05, 0.1) is 23.7 Å². The van der Waals surface area contributed by atoms with E-state index >= 15 is 0 Å². The second kappa shape index (κ2) is 12.7. The van der Waals surface area contributed by atoms with E-state index in [1.165, 1.54) is 0 Å². The van der Waals surface area contributed by atoms with Crippen LogP contribution in [0.3, 0.4) is 0 Å². The van der Waals surface area contributed by atoms with Crippen LogP contribution in [0.4, 0.5) is 5.69 Å². The number of nitrogens with zero attached hydrogens (tertiary/aromatic N) is 5. The number of amides is 1. The van der Waals surface area contributed by atoms with Crippen molar-refractivity contribution in [2.45, 2.75) is 19.8 Å². The molecule has 0 saturated carbocycles. The molecule has 3 rings (SSSR count). The standard InChI is InChI=1S/C24H31Cl2N5O2/c1-3-31(28-20(16-25)14-19-6-4-9-27-17-19)18-24(32)30-11-5-10-29(12-13-30)21-7-8-22(26)23(15-21)33-2/h4,6-9,15,17H,3,5,10-14,16,18H2,1-2H3/b28-20-. The minimum atomic E-state index is 0.0754. The highest BCUT2D eigenvalue weighted by atomic mass is 35.5. The lowest BCUT2D eigenvalue weighted by Crippen LogP contribution is -2.41. The molecule has 7 nitrogen and oxygen atoms in total. The predicted molar refractivity (Wildman–Crippen MR) is 135 cm³/mol. The Balaban J connectivity index is 1.59. The molecule has 33 heavy (non-hydrogen) atoms. The molecular weight excluding hydrogens is 461 g/mol. The largest absolute Gasteiger partial charge is 0.495 e. The van der Waals surface area contributed by atoms with Crippen molar-refractivity contribution in [2.75, 3.05) is 57.2 Å². The van der Waals surface area contributed by atoms with Crippen LogP contribution in [0.5, 0.6) is 5.75 Å². The Labute approximate surface area is 205 Å². The number of carbonyl (C=O) groups excluding carboxylic acids is 1. The van der Waals surface area contributed by atoms with Gasteiger partial charge in [0.2, 0.25) is 5.91 Å². The molecule has 0 radical (unpaired) electrons. The van der Waals surface area contributed by atoms with Crippen molar-refractivity contribution in [3.8, 4) is 5.75 Å². The quantitative estimate of drug-likeness (QED) is 0.302. The molecule has 0 unspecified atom stereocenters. The number of likely N-dealkylation sites (N-methyl/N-ethyl adjacent to an activating group) is 1. The Morgan fingerprint density at radius 3 is 2.79 bits per heavy atom. The number of carbonyl (C=O) groups is 1. The van der Waals surface area contributed by atoms with Gasteiger partial charge in [-0.3, -0.25) is 14.8 Å². The van der Waals surface area contributed by atoms with Gasteiger partial charge in [0.15, 0.2) is 0 Å². The topological polar surface area (TPSA) is 61.3 Å². The zero-order valence-electron chi connectivity index (χ0n) is 19.2. The van der Waals surface area contributed by atoms with Crippen LogP contribution in [0.2, 0.25) is 5.02 Å². The summed E-state index contributed by atoms with van der Waals surface area (Å²) >= 11 is 12.3. The Morgan fingerprint density at radius 1 is 1.24 bits per heavy atom. The van der Waals surface area contributed by atoms with Gasteiger partial charge in [0.25, 0.3) is 0 Å². The average molecular weight is 492 g/mol. The van der Waals surface area contributed by atoms with Gasteiger partial charge in [-0.25, -0.2) is 0 Å². The Morgan fingerprint density at radius 2 is 2.09 bits per heavy atom. The maximum Gasteiger partial charge on any atom is 0.243 e. The summed E-state index contributed by atoms with van der Waals surface area (Å²) in [5.74, 6) is 1.04. The second-order valence-corrected chi connectivity index (χ2v) is 8.53. The fraction of sp³-hybridized carbons (Fsp3) is 0.458. The van der Waals surface area contributed by atoms with Crippen LogP contribution in [0, 0.1) is 0 Å². The van der Waals surface area contributed by atoms with Crippen molar-refractivity contribution in [2.24, 2.45) is 5.10 Å². The van der Waals surface area contributed by atoms with Crippen molar-refractivity contribution in [1.29, 1.82) is 0 Å². The third-order valence-corrected chi connectivity index (χ3v) is 6.22. The molecule has 1 saturated heterocycles. The summed E-state index contributed by atoms with van der Waals surface area (Å²) in [6.07, 6.45) is 5.05. The van der Waals surface area contributed by atoms with Crippen LogP contribution in [0.25, 0.3) is 0 Å². The van der Waals surface area contributed by atoms with E-state index in [0.29, 0.717) is 36.2 Å². The van der Waals surface area contributed by atoms with Crippen LogP contribution in [-0.4, -0.2) is 78.8 Å². The number of ether oxygens (including phenoxy) is 1. The summed E-state index contributed by atoms with van der Waals surface area (Å²) in [6.45, 7) is 5.85. The third-order valence-electron chi connectivity index (χ3n) is 5.60. The van der Waals surface area contributed by atoms with Gasteiger partial charge in [0, 0.05) is 63.3 Å². The number of anilines is 1. The number of rotatable bonds is 9. The zero-order chi connectivity index (χ0) is 23.6. The Kier molecular flexibility index (Phi) is 9.63. The van der Waals surface area contributed by atoms with Crippen LogP contribution in [0.1, 0.15) is 18.9 Å². The molecule has 0 spiro atoms. The maximum atomic E-state index is 13.1. The maximum absolute atomic E-state index is 13.1. The normalized spacial score (nSPS) is 14.7. The smallest absolute Gasteiger partial charge is 0.243 e. The fourth-order valence-corrected chi connectivity index (χ4v) is 4.13. The van der Waals surface area contributed by atoms with E-state index in [2.05, 4.69) is 15.0 Å². The SMILES string of the molecule is CCN(CC(=O)N1CCCN(c2ccc(Cl)c(OC)c2)CC1)/N=C(\CCl)Cc1cccnc1. The van der Waals surface area contributed by atoms with Gasteiger partial charge in [0.1, 0.15) is 12.3 Å². The molecule has 1 aromatic carbocycles. The molecule has 1 fully saturated rings. The van der Waals surface area contributed by atoms with E-state index in [9.17, 15) is 4.79 Å². The molecule has 9 heteroatoms. The monoisotopic (exact) mass is 491 g/mol. The minimum absolute atomic E-state index is 0.0754. The van der Waals surface area contributed by atoms with Gasteiger partial charge < -0.3 is 14.5 Å². The molecule has 2 heterocycles. The lowest BCUT2D eigenvalue weighted by molar-refractivity contribution is -0.132. The van der Waals surface area contributed by atoms with E-state index in [0.717, 1.165) is 43.0 Å². The number of hydrogen-bond acceptors (Lipinski definition) is 6. The summed E-state index contributed by atoms with van der Waals surface area (Å²) in [7, 11) is 1.61. The molecule has 1 amide bonds. The molecule has 1 aromatic heterocycles. The predicted octanol–water partition coefficient (Wildman–Crippen LogP) is 3.94. The van der Waals surface area contributed by atoms with Gasteiger partial charge in [-0.1, -0.05) is 17.7 Å². The molecule has 0 N–H and O–H groups in total. The highest BCUT2D eigenvalue weighted by molar-refractivity contribution is 6.32. The summed E-state index contributed by atoms with van der Waals surface area (Å²) in [5.41, 5.74) is 2.91. The van der Waals surface area contributed by atoms with Gasteiger partial charge in [-0.15, -0.1) is 11.6 Å². The third kappa shape index (κ3) is 7.24. The van der Waals surface area contributed by atoms with E-state index in [1.54, 1.807) is 18.3 Å². The second-order valence-electron chi connectivity index (χ2n) is 7.86. The highest BCUT2D eigenvalue weighted by Crippen LogP contribution is 2.29. The minimum Gasteiger partial charge on any atom is -0.495 e. The van der Waals surface area contributed by atoms with E-state index in [4.69, 9.17) is 27.9 Å². The van der Waals surface area contributed by atoms with Crippen molar-refractivity contribution in [3.63, 3.8) is 0 Å². The number of alkyl halides is 1. The molecule has 1 aliphatic heterocycles. The number of methoxy groups -OCH3 is 1. The fourth-order valence-electron chi connectivity index (χ4n) is 3.79. The highest BCUT2D eigenvalue weighted by Gasteiger charge is 2.21. The molecule has 0 bridgehead atoms. The van der Waals surface area contributed by atoms with Gasteiger partial charge >= 0.3 is 0 Å². The van der Waals surface area contributed by atoms with Gasteiger partial charge in [-0.05, 0) is 37.1 Å². The number of hydrazone groups is 1. The van der Waals surface area contributed by atoms with Crippen LogP contribution in [-0.2, 0) is 11.2 Å². The molecule has 0 atom stereocenters. The number of benzene rings is 1. The van der Waals surface area contributed by atoms with E-state index in [1.807, 2.05) is 48.4 Å². The van der Waals surface area contributed by atoms with E-state index in [-0.39, 0.29) is 12.5 Å². The molecule has 0 aliphatic carbocycles. The summed E-state index contributed by atoms with van der Waals surface area (Å²) in [4.78, 5) is 21.4. The van der Waals surface area contributed by atoms with Crippen molar-refractivity contribution >= 4 is 40.5 Å². The van der Waals surface area contributed by atoms with Crippen LogP contribution in [0.15, 0.2) is 47.8 Å². The first-order valence-corrected chi connectivity index (χ1v) is 12.1. The molecule has 178 valence electrons. The molecular formula is C24H31Cl2N5O2. The molecule has 2 aromatic rings. The van der Waals surface area contributed by atoms with Crippen molar-refractivity contribution < 1.29 is 9.53 Å². The number of halogens is 2. The Bertz CT molecular complexity index is 942. The van der Waals surface area contributed by atoms with Crippen molar-refractivity contribution in [3.05, 3.63) is 53.3 Å². The first-order chi connectivity index (χ1) is 16.0. The number of hydrogen-bond donors (Lipinski definition) is 0. The van der Waals surface area contributed by atoms with Gasteiger partial charge in [-0.2, -0.15) is 5.10 Å².